The maximum Gasteiger partial charge on any atom is 0.303 e. The first-order chi connectivity index (χ1) is 7.54. The summed E-state index contributed by atoms with van der Waals surface area (Å²) in [6.45, 7) is 4.11. The molecule has 0 bridgehead atoms. The van der Waals surface area contributed by atoms with Gasteiger partial charge < -0.3 is 10.2 Å². The molecule has 4 nitrogen and oxygen atoms in total. The van der Waals surface area contributed by atoms with Crippen LogP contribution >= 0.6 is 0 Å². The highest BCUT2D eigenvalue weighted by molar-refractivity contribution is 5.75. The van der Waals surface area contributed by atoms with Crippen LogP contribution in [0.15, 0.2) is 0 Å². The molecule has 0 saturated carbocycles. The van der Waals surface area contributed by atoms with Crippen molar-refractivity contribution in [3.63, 3.8) is 0 Å². The third kappa shape index (κ3) is 31.3. The molecule has 0 atom stereocenters. The van der Waals surface area contributed by atoms with Gasteiger partial charge in [0.2, 0.25) is 0 Å². The van der Waals surface area contributed by atoms with E-state index in [0.29, 0.717) is 12.8 Å². The van der Waals surface area contributed by atoms with E-state index in [1.807, 2.05) is 0 Å². The van der Waals surface area contributed by atoms with E-state index in [4.69, 9.17) is 10.2 Å². The Labute approximate surface area is 115 Å². The van der Waals surface area contributed by atoms with Gasteiger partial charge in [0.15, 0.2) is 17.4 Å². The molecule has 0 heterocycles. The van der Waals surface area contributed by atoms with Gasteiger partial charge in [-0.25, -0.2) is 0 Å². The summed E-state index contributed by atoms with van der Waals surface area (Å²) in [7, 11) is 0. The molecule has 0 aliphatic heterocycles. The lowest BCUT2D eigenvalue weighted by molar-refractivity contribution is -0.138. The van der Waals surface area contributed by atoms with Gasteiger partial charge >= 0.3 is 11.9 Å². The maximum absolute atomic E-state index is 9.87. The van der Waals surface area contributed by atoms with E-state index in [1.54, 1.807) is 0 Å². The molecule has 0 amide bonds. The molecular weight excluding hydrogens is 235 g/mol. The standard InChI is InChI=1S/2C6H12O2.Al.3H/c2*1-2-3-4-5-6(7)8;;;;/h2*2-5H2,1H3,(H,7,8);;;;. The number of unbranched alkanes of at least 4 members (excludes halogenated alkanes) is 4. The zero-order chi connectivity index (χ0) is 12.8. The van der Waals surface area contributed by atoms with Crippen molar-refractivity contribution in [3.8, 4) is 0 Å². The first kappa shape index (κ1) is 21.7. The van der Waals surface area contributed by atoms with Crippen LogP contribution in [0.5, 0.6) is 0 Å². The second-order valence-corrected chi connectivity index (χ2v) is 3.70. The molecule has 0 aromatic rings. The summed E-state index contributed by atoms with van der Waals surface area (Å²) in [6.07, 6.45) is 6.55. The Balaban J connectivity index is -0.000000218. The maximum atomic E-state index is 9.87. The molecule has 0 radical (unpaired) electrons. The first-order valence-corrected chi connectivity index (χ1v) is 5.98. The third-order valence-corrected chi connectivity index (χ3v) is 1.99. The molecule has 0 rings (SSSR count). The van der Waals surface area contributed by atoms with Crippen LogP contribution in [0.2, 0.25) is 0 Å². The molecule has 0 aromatic carbocycles. The predicted octanol–water partition coefficient (Wildman–Crippen LogP) is 2.12. The van der Waals surface area contributed by atoms with Crippen molar-refractivity contribution < 1.29 is 19.8 Å². The molecule has 0 aliphatic carbocycles. The molecular formula is C12H27AlO4. The van der Waals surface area contributed by atoms with E-state index >= 15 is 0 Å². The van der Waals surface area contributed by atoms with Gasteiger partial charge in [0.1, 0.15) is 0 Å². The molecule has 0 saturated heterocycles. The van der Waals surface area contributed by atoms with Crippen molar-refractivity contribution >= 4 is 29.3 Å². The van der Waals surface area contributed by atoms with Crippen LogP contribution < -0.4 is 0 Å². The van der Waals surface area contributed by atoms with Crippen LogP contribution in [0.1, 0.15) is 65.2 Å². The fourth-order valence-electron chi connectivity index (χ4n) is 1.05. The van der Waals surface area contributed by atoms with Gasteiger partial charge in [-0.1, -0.05) is 39.5 Å². The van der Waals surface area contributed by atoms with Crippen LogP contribution in [-0.2, 0) is 9.59 Å². The van der Waals surface area contributed by atoms with Gasteiger partial charge in [0.25, 0.3) is 0 Å². The molecule has 0 unspecified atom stereocenters. The third-order valence-electron chi connectivity index (χ3n) is 1.99. The lowest BCUT2D eigenvalue weighted by Crippen LogP contribution is -1.92. The monoisotopic (exact) mass is 262 g/mol. The topological polar surface area (TPSA) is 74.6 Å². The molecule has 0 aliphatic rings. The summed E-state index contributed by atoms with van der Waals surface area (Å²) in [6, 6.07) is 0. The fraction of sp³-hybridized carbons (Fsp3) is 0.833. The second-order valence-electron chi connectivity index (χ2n) is 3.70. The lowest BCUT2D eigenvalue weighted by atomic mass is 10.2. The van der Waals surface area contributed by atoms with Crippen molar-refractivity contribution in [1.82, 2.24) is 0 Å². The normalized spacial score (nSPS) is 8.59. The predicted molar refractivity (Wildman–Crippen MR) is 73.5 cm³/mol. The minimum absolute atomic E-state index is 0. The minimum Gasteiger partial charge on any atom is -0.481 e. The summed E-state index contributed by atoms with van der Waals surface area (Å²) < 4.78 is 0. The molecule has 17 heavy (non-hydrogen) atoms. The zero-order valence-electron chi connectivity index (χ0n) is 10.4. The summed E-state index contributed by atoms with van der Waals surface area (Å²) in [5.41, 5.74) is 0. The SMILES string of the molecule is CCCCCC(=O)O.CCCCCC(=O)O.[AlH3]. The van der Waals surface area contributed by atoms with Crippen LogP contribution in [0.3, 0.4) is 0 Å². The number of carbonyl (C=O) groups is 2. The number of hydrogen-bond donors (Lipinski definition) is 2. The summed E-state index contributed by atoms with van der Waals surface area (Å²) in [4.78, 5) is 19.7. The second kappa shape index (κ2) is 17.9. The van der Waals surface area contributed by atoms with Crippen molar-refractivity contribution in [3.05, 3.63) is 0 Å². The van der Waals surface area contributed by atoms with Crippen molar-refractivity contribution in [1.29, 1.82) is 0 Å². The Bertz CT molecular complexity index is 163. The van der Waals surface area contributed by atoms with Gasteiger partial charge in [-0.05, 0) is 12.8 Å². The number of carboxylic acids is 2. The molecule has 0 aromatic heterocycles. The fourth-order valence-corrected chi connectivity index (χ4v) is 1.05. The smallest absolute Gasteiger partial charge is 0.303 e. The number of aliphatic carboxylic acids is 2. The number of carboxylic acid groups (broad SMARTS) is 2. The summed E-state index contributed by atoms with van der Waals surface area (Å²) in [5, 5.41) is 16.3. The van der Waals surface area contributed by atoms with E-state index in [-0.39, 0.29) is 17.4 Å². The Hall–Kier alpha value is -0.528. The number of hydrogen-bond acceptors (Lipinski definition) is 2. The van der Waals surface area contributed by atoms with Crippen LogP contribution in [0.4, 0.5) is 0 Å². The average molecular weight is 262 g/mol. The Morgan fingerprint density at radius 2 is 1.06 bits per heavy atom. The van der Waals surface area contributed by atoms with E-state index < -0.39 is 11.9 Å². The Morgan fingerprint density at radius 1 is 0.765 bits per heavy atom. The summed E-state index contributed by atoms with van der Waals surface area (Å²) in [5.74, 6) is -1.36. The summed E-state index contributed by atoms with van der Waals surface area (Å²) >= 11 is 0. The highest BCUT2D eigenvalue weighted by atomic mass is 27.0. The van der Waals surface area contributed by atoms with E-state index in [0.717, 1.165) is 38.5 Å². The highest BCUT2D eigenvalue weighted by Gasteiger charge is 1.93. The van der Waals surface area contributed by atoms with E-state index in [2.05, 4.69) is 13.8 Å². The Morgan fingerprint density at radius 3 is 1.24 bits per heavy atom. The van der Waals surface area contributed by atoms with Gasteiger partial charge in [-0.15, -0.1) is 0 Å². The zero-order valence-corrected chi connectivity index (χ0v) is 10.4. The molecule has 2 N–H and O–H groups in total. The quantitative estimate of drug-likeness (QED) is 0.519. The first-order valence-electron chi connectivity index (χ1n) is 5.98. The van der Waals surface area contributed by atoms with Crippen LogP contribution in [0.25, 0.3) is 0 Å². The largest absolute Gasteiger partial charge is 0.481 e. The van der Waals surface area contributed by atoms with Gasteiger partial charge in [-0.2, -0.15) is 0 Å². The van der Waals surface area contributed by atoms with Gasteiger partial charge in [-0.3, -0.25) is 9.59 Å². The van der Waals surface area contributed by atoms with Gasteiger partial charge in [0, 0.05) is 12.8 Å². The lowest BCUT2D eigenvalue weighted by Gasteiger charge is -1.89. The van der Waals surface area contributed by atoms with Crippen molar-refractivity contribution in [2.24, 2.45) is 0 Å². The van der Waals surface area contributed by atoms with Crippen LogP contribution in [0, 0.1) is 0 Å². The highest BCUT2D eigenvalue weighted by Crippen LogP contribution is 1.97. The molecule has 0 spiro atoms. The number of rotatable bonds is 8. The van der Waals surface area contributed by atoms with Crippen molar-refractivity contribution in [2.75, 3.05) is 0 Å². The minimum atomic E-state index is -0.682. The molecule has 5 heteroatoms. The molecule has 0 fully saturated rings. The van der Waals surface area contributed by atoms with Crippen LogP contribution in [-0.4, -0.2) is 39.5 Å². The Kier molecular flexibility index (Phi) is 22.8. The van der Waals surface area contributed by atoms with E-state index in [1.165, 1.54) is 0 Å². The average Bonchev–Trinajstić information content (AvgIpc) is 2.18. The van der Waals surface area contributed by atoms with Crippen molar-refractivity contribution in [2.45, 2.75) is 65.2 Å². The van der Waals surface area contributed by atoms with Gasteiger partial charge in [0.05, 0.1) is 0 Å². The molecule has 102 valence electrons. The van der Waals surface area contributed by atoms with E-state index in [9.17, 15) is 9.59 Å².